The van der Waals surface area contributed by atoms with Crippen LogP contribution in [-0.2, 0) is 30.4 Å². The maximum atomic E-state index is 13.3. The molecule has 0 aliphatic carbocycles. The predicted molar refractivity (Wildman–Crippen MR) is 118 cm³/mol. The summed E-state index contributed by atoms with van der Waals surface area (Å²) in [5.41, 5.74) is -3.72. The molecule has 0 aliphatic heterocycles. The molecule has 1 aromatic heterocycles. The molecule has 0 N–H and O–H groups in total. The first-order valence-electron chi connectivity index (χ1n) is 10.4. The van der Waals surface area contributed by atoms with E-state index in [1.54, 1.807) is 65.8 Å². The smallest absolute Gasteiger partial charge is 0.324 e. The lowest BCUT2D eigenvalue weighted by molar-refractivity contribution is -0.187. The van der Waals surface area contributed by atoms with E-state index in [0.717, 1.165) is 4.68 Å². The van der Waals surface area contributed by atoms with Crippen LogP contribution in [0, 0.1) is 5.41 Å². The number of aryl methyl sites for hydroxylation is 1. The first-order valence-corrected chi connectivity index (χ1v) is 10.4. The quantitative estimate of drug-likeness (QED) is 0.472. The molecule has 0 amide bonds. The summed E-state index contributed by atoms with van der Waals surface area (Å²) >= 11 is 0. The number of esters is 2. The third-order valence-electron chi connectivity index (χ3n) is 4.51. The highest BCUT2D eigenvalue weighted by atomic mass is 16.6. The monoisotopic (exact) mass is 445 g/mol. The molecule has 0 saturated heterocycles. The van der Waals surface area contributed by atoms with Crippen molar-refractivity contribution in [1.29, 1.82) is 0 Å². The lowest BCUT2D eigenvalue weighted by Gasteiger charge is -2.34. The maximum absolute atomic E-state index is 13.3. The van der Waals surface area contributed by atoms with Crippen molar-refractivity contribution in [3.05, 3.63) is 34.6 Å². The van der Waals surface area contributed by atoms with E-state index in [9.17, 15) is 19.2 Å². The zero-order valence-electron chi connectivity index (χ0n) is 19.7. The van der Waals surface area contributed by atoms with Gasteiger partial charge in [-0.25, -0.2) is 4.68 Å². The number of benzene rings is 1. The molecule has 9 heteroatoms. The number of ketones is 1. The van der Waals surface area contributed by atoms with Gasteiger partial charge in [0, 0.05) is 13.0 Å². The Morgan fingerprint density at radius 3 is 1.97 bits per heavy atom. The van der Waals surface area contributed by atoms with Crippen molar-refractivity contribution in [2.45, 2.75) is 79.1 Å². The second-order valence-corrected chi connectivity index (χ2v) is 9.85. The topological polar surface area (TPSA) is 117 Å². The van der Waals surface area contributed by atoms with Gasteiger partial charge in [0.05, 0.1) is 5.39 Å². The highest BCUT2D eigenvalue weighted by Gasteiger charge is 2.51. The first kappa shape index (κ1) is 25.2. The average Bonchev–Trinajstić information content (AvgIpc) is 2.63. The molecule has 9 nitrogen and oxygen atoms in total. The van der Waals surface area contributed by atoms with Gasteiger partial charge in [-0.1, -0.05) is 17.3 Å². The second kappa shape index (κ2) is 9.18. The molecule has 2 aromatic rings. The van der Waals surface area contributed by atoms with Gasteiger partial charge >= 0.3 is 11.9 Å². The number of hydrogen-bond acceptors (Lipinski definition) is 8. The summed E-state index contributed by atoms with van der Waals surface area (Å²) in [4.78, 5) is 51.5. The molecular formula is C23H31N3O6. The normalized spacial score (nSPS) is 12.5. The van der Waals surface area contributed by atoms with E-state index in [2.05, 4.69) is 10.3 Å². The molecular weight excluding hydrogens is 414 g/mol. The van der Waals surface area contributed by atoms with Crippen molar-refractivity contribution in [2.75, 3.05) is 0 Å². The summed E-state index contributed by atoms with van der Waals surface area (Å²) in [5, 5.41) is 8.30. The Labute approximate surface area is 187 Å². The number of carbonyl (C=O) groups excluding carboxylic acids is 3. The highest BCUT2D eigenvalue weighted by Crippen LogP contribution is 2.35. The zero-order valence-corrected chi connectivity index (χ0v) is 19.7. The van der Waals surface area contributed by atoms with Crippen LogP contribution in [0.5, 0.6) is 0 Å². The van der Waals surface area contributed by atoms with Gasteiger partial charge in [0.2, 0.25) is 0 Å². The van der Waals surface area contributed by atoms with Crippen molar-refractivity contribution in [3.63, 3.8) is 0 Å². The number of ether oxygens (including phenoxy) is 2. The lowest BCUT2D eigenvalue weighted by Crippen LogP contribution is -2.48. The van der Waals surface area contributed by atoms with Gasteiger partial charge in [-0.2, -0.15) is 0 Å². The third-order valence-corrected chi connectivity index (χ3v) is 4.51. The molecule has 0 spiro atoms. The van der Waals surface area contributed by atoms with Crippen molar-refractivity contribution >= 4 is 28.6 Å². The molecule has 0 atom stereocenters. The third kappa shape index (κ3) is 6.21. The zero-order chi connectivity index (χ0) is 24.3. The van der Waals surface area contributed by atoms with Gasteiger partial charge in [0.25, 0.3) is 5.56 Å². The van der Waals surface area contributed by atoms with E-state index in [1.807, 2.05) is 0 Å². The maximum Gasteiger partial charge on any atom is 0.324 e. The number of carbonyl (C=O) groups is 3. The molecule has 32 heavy (non-hydrogen) atoms. The van der Waals surface area contributed by atoms with Crippen molar-refractivity contribution < 1.29 is 23.9 Å². The Morgan fingerprint density at radius 2 is 1.47 bits per heavy atom. The van der Waals surface area contributed by atoms with Crippen LogP contribution >= 0.6 is 0 Å². The molecule has 0 unspecified atom stereocenters. The van der Waals surface area contributed by atoms with E-state index in [0.29, 0.717) is 10.9 Å². The minimum Gasteiger partial charge on any atom is -0.459 e. The van der Waals surface area contributed by atoms with Gasteiger partial charge in [0.1, 0.15) is 22.5 Å². The molecule has 0 bridgehead atoms. The summed E-state index contributed by atoms with van der Waals surface area (Å²) in [5.74, 6) is -2.15. The van der Waals surface area contributed by atoms with Gasteiger partial charge in [0.15, 0.2) is 5.41 Å². The summed E-state index contributed by atoms with van der Waals surface area (Å²) in [6.07, 6.45) is -0.643. The molecule has 0 radical (unpaired) electrons. The van der Waals surface area contributed by atoms with Crippen molar-refractivity contribution in [2.24, 2.45) is 5.41 Å². The van der Waals surface area contributed by atoms with Crippen LogP contribution < -0.4 is 5.56 Å². The van der Waals surface area contributed by atoms with E-state index in [1.165, 1.54) is 6.92 Å². The van der Waals surface area contributed by atoms with Gasteiger partial charge in [-0.05, 0) is 67.0 Å². The average molecular weight is 446 g/mol. The number of rotatable bonds is 7. The minimum absolute atomic E-state index is 0.136. The van der Waals surface area contributed by atoms with Crippen LogP contribution in [0.1, 0.15) is 61.3 Å². The molecule has 1 aromatic carbocycles. The van der Waals surface area contributed by atoms with Gasteiger partial charge < -0.3 is 9.47 Å². The van der Waals surface area contributed by atoms with Crippen molar-refractivity contribution in [3.8, 4) is 0 Å². The standard InChI is InChI=1S/C23H31N3O6/c1-15(27)14-23(19(29)31-21(2,3)4,20(30)32-22(5,6)7)12-13-26-18(28)16-10-8-9-11-17(16)24-25-26/h8-11H,12-14H2,1-7H3. The fraction of sp³-hybridized carbons (Fsp3) is 0.565. The summed E-state index contributed by atoms with van der Waals surface area (Å²) in [6.45, 7) is 11.1. The van der Waals surface area contributed by atoms with Crippen LogP contribution in [-0.4, -0.2) is 43.9 Å². The predicted octanol–water partition coefficient (Wildman–Crippen LogP) is 2.83. The number of aromatic nitrogens is 3. The molecule has 0 fully saturated rings. The Morgan fingerprint density at radius 1 is 0.938 bits per heavy atom. The lowest BCUT2D eigenvalue weighted by atomic mass is 9.79. The SMILES string of the molecule is CC(=O)CC(CCn1nnc2ccccc2c1=O)(C(=O)OC(C)(C)C)C(=O)OC(C)(C)C. The van der Waals surface area contributed by atoms with Crippen molar-refractivity contribution in [1.82, 2.24) is 15.0 Å². The van der Waals surface area contributed by atoms with E-state index in [4.69, 9.17) is 9.47 Å². The molecule has 0 aliphatic rings. The van der Waals surface area contributed by atoms with Crippen LogP contribution in [0.3, 0.4) is 0 Å². The Bertz CT molecular complexity index is 1050. The molecule has 0 saturated carbocycles. The number of Topliss-reactive ketones (excluding diaryl/α,β-unsaturated/α-hetero) is 1. The summed E-state index contributed by atoms with van der Waals surface area (Å²) in [6, 6.07) is 6.73. The van der Waals surface area contributed by atoms with E-state index < -0.39 is 46.3 Å². The highest BCUT2D eigenvalue weighted by molar-refractivity contribution is 6.03. The Kier molecular flexibility index (Phi) is 7.22. The number of hydrogen-bond donors (Lipinski definition) is 0. The van der Waals surface area contributed by atoms with Crippen LogP contribution in [0.4, 0.5) is 0 Å². The van der Waals surface area contributed by atoms with Crippen LogP contribution in [0.2, 0.25) is 0 Å². The van der Waals surface area contributed by atoms with Gasteiger partial charge in [-0.3, -0.25) is 19.2 Å². The Balaban J connectivity index is 2.52. The molecule has 174 valence electrons. The fourth-order valence-electron chi connectivity index (χ4n) is 3.16. The summed E-state index contributed by atoms with van der Waals surface area (Å²) < 4.78 is 12.1. The van der Waals surface area contributed by atoms with Gasteiger partial charge in [-0.15, -0.1) is 5.10 Å². The summed E-state index contributed by atoms with van der Waals surface area (Å²) in [7, 11) is 0. The minimum atomic E-state index is -1.93. The fourth-order valence-corrected chi connectivity index (χ4v) is 3.16. The van der Waals surface area contributed by atoms with Crippen LogP contribution in [0.15, 0.2) is 29.1 Å². The molecule has 2 rings (SSSR count). The number of fused-ring (bicyclic) bond motifs is 1. The Hall–Kier alpha value is -3.10. The first-order chi connectivity index (χ1) is 14.6. The largest absolute Gasteiger partial charge is 0.459 e. The van der Waals surface area contributed by atoms with Crippen LogP contribution in [0.25, 0.3) is 10.9 Å². The van der Waals surface area contributed by atoms with E-state index >= 15 is 0 Å². The molecule has 1 heterocycles. The number of nitrogens with zero attached hydrogens (tertiary/aromatic N) is 3. The van der Waals surface area contributed by atoms with E-state index in [-0.39, 0.29) is 13.0 Å². The second-order valence-electron chi connectivity index (χ2n) is 9.85.